The summed E-state index contributed by atoms with van der Waals surface area (Å²) < 4.78 is 0. The summed E-state index contributed by atoms with van der Waals surface area (Å²) in [5.74, 6) is 5.83. The van der Waals surface area contributed by atoms with E-state index in [4.69, 9.17) is 0 Å². The first kappa shape index (κ1) is 27.2. The molecule has 1 fully saturated rings. The van der Waals surface area contributed by atoms with E-state index in [9.17, 15) is 5.11 Å². The second-order valence-corrected chi connectivity index (χ2v) is 15.1. The minimum absolute atomic E-state index is 0.331. The molecule has 37 heavy (non-hydrogen) atoms. The fourth-order valence-corrected chi connectivity index (χ4v) is 9.98. The smallest absolute Gasteiger partial charge is 0.116 e. The van der Waals surface area contributed by atoms with Gasteiger partial charge in [0.05, 0.1) is 0 Å². The molecule has 200 valence electrons. The van der Waals surface area contributed by atoms with Crippen LogP contribution in [0.25, 0.3) is 0 Å². The number of allylic oxidation sites excluding steroid dienone is 2. The van der Waals surface area contributed by atoms with E-state index >= 15 is 0 Å². The Bertz CT molecular complexity index is 1080. The average Bonchev–Trinajstić information content (AvgIpc) is 2.85. The lowest BCUT2D eigenvalue weighted by Crippen LogP contribution is -2.37. The predicted molar refractivity (Wildman–Crippen MR) is 162 cm³/mol. The van der Waals surface area contributed by atoms with Crippen LogP contribution >= 0.6 is 21.6 Å². The first-order chi connectivity index (χ1) is 17.9. The van der Waals surface area contributed by atoms with Crippen molar-refractivity contribution in [2.75, 3.05) is 11.5 Å². The molecule has 2 aromatic carbocycles. The number of phenols is 1. The number of hydrogen-bond donors (Lipinski definition) is 2. The number of nitrogens with one attached hydrogen (secondary N) is 1. The summed E-state index contributed by atoms with van der Waals surface area (Å²) in [5, 5.41) is 14.5. The van der Waals surface area contributed by atoms with Gasteiger partial charge in [0, 0.05) is 24.1 Å². The molecule has 2 N–H and O–H groups in total. The van der Waals surface area contributed by atoms with E-state index in [0.29, 0.717) is 23.1 Å². The van der Waals surface area contributed by atoms with Crippen molar-refractivity contribution in [1.82, 2.24) is 5.32 Å². The summed E-state index contributed by atoms with van der Waals surface area (Å²) in [4.78, 5) is 0. The van der Waals surface area contributed by atoms with Crippen LogP contribution in [0.1, 0.15) is 75.1 Å². The molecule has 1 heterocycles. The summed E-state index contributed by atoms with van der Waals surface area (Å²) >= 11 is 0. The lowest BCUT2D eigenvalue weighted by atomic mass is 9.60. The van der Waals surface area contributed by atoms with Crippen LogP contribution in [0.15, 0.2) is 54.6 Å². The van der Waals surface area contributed by atoms with Crippen molar-refractivity contribution < 1.29 is 5.11 Å². The zero-order chi connectivity index (χ0) is 25.8. The third kappa shape index (κ3) is 7.19. The van der Waals surface area contributed by atoms with Gasteiger partial charge < -0.3 is 10.4 Å². The highest BCUT2D eigenvalue weighted by molar-refractivity contribution is 8.76. The Balaban J connectivity index is 1.42. The molecule has 0 saturated heterocycles. The van der Waals surface area contributed by atoms with Gasteiger partial charge in [0.1, 0.15) is 5.75 Å². The Kier molecular flexibility index (Phi) is 8.99. The van der Waals surface area contributed by atoms with Gasteiger partial charge in [-0.25, -0.2) is 0 Å². The molecule has 1 aliphatic heterocycles. The number of hydrogen-bond acceptors (Lipinski definition) is 4. The summed E-state index contributed by atoms with van der Waals surface area (Å²) in [6, 6.07) is 15.6. The molecule has 6 atom stereocenters. The second kappa shape index (κ2) is 12.2. The van der Waals surface area contributed by atoms with Crippen molar-refractivity contribution in [3.63, 3.8) is 0 Å². The molecular formula is C33H45NOS2. The van der Waals surface area contributed by atoms with Gasteiger partial charge in [-0.2, -0.15) is 0 Å². The first-order valence-electron chi connectivity index (χ1n) is 14.4. The molecule has 0 spiro atoms. The normalized spacial score (nSPS) is 33.3. The van der Waals surface area contributed by atoms with Crippen LogP contribution in [0.2, 0.25) is 0 Å². The molecular weight excluding hydrogens is 491 g/mol. The van der Waals surface area contributed by atoms with E-state index in [0.717, 1.165) is 42.9 Å². The Hall–Kier alpha value is -1.36. The Morgan fingerprint density at radius 1 is 0.919 bits per heavy atom. The first-order valence-corrected chi connectivity index (χ1v) is 16.9. The number of aromatic hydroxyl groups is 1. The van der Waals surface area contributed by atoms with E-state index in [1.54, 1.807) is 0 Å². The molecule has 3 aliphatic rings. The molecule has 1 saturated carbocycles. The third-order valence-electron chi connectivity index (χ3n) is 9.08. The maximum Gasteiger partial charge on any atom is 0.116 e. The summed E-state index contributed by atoms with van der Waals surface area (Å²) in [6.45, 7) is 8.18. The van der Waals surface area contributed by atoms with Gasteiger partial charge in [-0.15, -0.1) is 0 Å². The topological polar surface area (TPSA) is 32.3 Å². The maximum atomic E-state index is 10.7. The monoisotopic (exact) mass is 535 g/mol. The van der Waals surface area contributed by atoms with Crippen LogP contribution in [0.5, 0.6) is 5.75 Å². The maximum absolute atomic E-state index is 10.7. The van der Waals surface area contributed by atoms with Gasteiger partial charge in [0.2, 0.25) is 0 Å². The van der Waals surface area contributed by atoms with Crippen molar-refractivity contribution in [3.8, 4) is 5.75 Å². The van der Waals surface area contributed by atoms with Crippen LogP contribution in [0, 0.1) is 29.1 Å². The van der Waals surface area contributed by atoms with Gasteiger partial charge in [0.15, 0.2) is 0 Å². The fourth-order valence-electron chi connectivity index (χ4n) is 7.24. The van der Waals surface area contributed by atoms with E-state index in [-0.39, 0.29) is 0 Å². The van der Waals surface area contributed by atoms with Crippen LogP contribution < -0.4 is 5.32 Å². The molecule has 4 bridgehead atoms. The number of benzene rings is 2. The SMILES string of the molecule is C[C@@H]1CC=C[C@](C)([C@H]2C[C@H]3CSSC[C@H](C)NCc4ccccc4Cc4cc(O)cc(c4)C[C@@H](C3)C2)C1. The minimum Gasteiger partial charge on any atom is -0.508 e. The van der Waals surface area contributed by atoms with Crippen molar-refractivity contribution in [1.29, 1.82) is 0 Å². The van der Waals surface area contributed by atoms with Crippen molar-refractivity contribution in [2.45, 2.75) is 78.3 Å². The molecule has 0 unspecified atom stereocenters. The predicted octanol–water partition coefficient (Wildman–Crippen LogP) is 8.42. The molecule has 4 heteroatoms. The quantitative estimate of drug-likeness (QED) is 0.283. The minimum atomic E-state index is 0.331. The van der Waals surface area contributed by atoms with Crippen LogP contribution in [-0.2, 0) is 19.4 Å². The van der Waals surface area contributed by atoms with Crippen LogP contribution in [0.3, 0.4) is 0 Å². The highest BCUT2D eigenvalue weighted by Crippen LogP contribution is 2.50. The third-order valence-corrected chi connectivity index (χ3v) is 11.8. The van der Waals surface area contributed by atoms with Crippen LogP contribution in [0.4, 0.5) is 0 Å². The second-order valence-electron chi connectivity index (χ2n) is 12.6. The number of phenolic OH excluding ortho intramolecular Hbond substituents is 1. The van der Waals surface area contributed by atoms with Crippen molar-refractivity contribution >= 4 is 21.6 Å². The zero-order valence-electron chi connectivity index (χ0n) is 22.9. The summed E-state index contributed by atoms with van der Waals surface area (Å²) in [5.41, 5.74) is 5.59. The van der Waals surface area contributed by atoms with Crippen molar-refractivity contribution in [2.24, 2.45) is 29.1 Å². The molecule has 0 amide bonds. The van der Waals surface area contributed by atoms with Gasteiger partial charge in [-0.3, -0.25) is 0 Å². The summed E-state index contributed by atoms with van der Waals surface area (Å²) in [6.07, 6.45) is 13.6. The fraction of sp³-hybridized carbons (Fsp3) is 0.576. The molecule has 0 radical (unpaired) electrons. The van der Waals surface area contributed by atoms with E-state index < -0.39 is 0 Å². The lowest BCUT2D eigenvalue weighted by Gasteiger charge is -2.46. The number of fused-ring (bicyclic) bond motifs is 5. The van der Waals surface area contributed by atoms with E-state index in [1.807, 2.05) is 12.1 Å². The van der Waals surface area contributed by atoms with Crippen molar-refractivity contribution in [3.05, 3.63) is 76.9 Å². The molecule has 2 aromatic rings. The van der Waals surface area contributed by atoms with Gasteiger partial charge in [-0.1, -0.05) is 77.9 Å². The highest BCUT2D eigenvalue weighted by Gasteiger charge is 2.40. The van der Waals surface area contributed by atoms with Crippen LogP contribution in [-0.4, -0.2) is 22.7 Å². The highest BCUT2D eigenvalue weighted by atomic mass is 33.1. The standard InChI is InChI=1S/C33H45NOS2/c1-23-7-6-10-33(3,19-23)31-15-25-11-26-12-27(18-32(35)17-26)14-29-8-4-5-9-30(29)20-34-24(2)21-36-37-22-28(13-25)16-31/h4-6,8-10,12,17-18,23-25,28,31,34-35H,7,11,13-16,19-22H2,1-3H3/t23-,24+,25+,28+,31-,33+/m1/s1. The average molecular weight is 536 g/mol. The molecule has 2 nitrogen and oxygen atoms in total. The Labute approximate surface area is 232 Å². The van der Waals surface area contributed by atoms with Gasteiger partial charge in [-0.05, 0) is 115 Å². The number of rotatable bonds is 1. The lowest BCUT2D eigenvalue weighted by molar-refractivity contribution is 0.0932. The van der Waals surface area contributed by atoms with E-state index in [1.165, 1.54) is 60.1 Å². The van der Waals surface area contributed by atoms with Gasteiger partial charge >= 0.3 is 0 Å². The Morgan fingerprint density at radius 3 is 2.51 bits per heavy atom. The van der Waals surface area contributed by atoms with E-state index in [2.05, 4.69) is 90.2 Å². The molecule has 2 aliphatic carbocycles. The van der Waals surface area contributed by atoms with Gasteiger partial charge in [0.25, 0.3) is 0 Å². The molecule has 0 aromatic heterocycles. The Morgan fingerprint density at radius 2 is 1.68 bits per heavy atom. The zero-order valence-corrected chi connectivity index (χ0v) is 24.6. The largest absolute Gasteiger partial charge is 0.508 e. The summed E-state index contributed by atoms with van der Waals surface area (Å²) in [7, 11) is 4.16. The molecule has 5 rings (SSSR count).